The molecule has 0 heterocycles. The molecule has 0 N–H and O–H groups in total. The van der Waals surface area contributed by atoms with Gasteiger partial charge in [-0.3, -0.25) is 0 Å². The third kappa shape index (κ3) is 4.76. The Morgan fingerprint density at radius 2 is 1.19 bits per heavy atom. The van der Waals surface area contributed by atoms with E-state index in [-0.39, 0.29) is 9.79 Å². The summed E-state index contributed by atoms with van der Waals surface area (Å²) in [6.45, 7) is 2.92. The first kappa shape index (κ1) is 19.1. The van der Waals surface area contributed by atoms with Crippen LogP contribution in [-0.4, -0.2) is 15.5 Å². The Kier molecular flexibility index (Phi) is 5.94. The quantitative estimate of drug-likeness (QED) is 0.601. The van der Waals surface area contributed by atoms with Crippen LogP contribution in [0, 0.1) is 6.92 Å². The van der Waals surface area contributed by atoms with Crippen molar-refractivity contribution in [2.45, 2.75) is 29.9 Å². The van der Waals surface area contributed by atoms with Crippen LogP contribution in [0.25, 0.3) is 0 Å². The van der Waals surface area contributed by atoms with E-state index in [0.29, 0.717) is 19.0 Å². The summed E-state index contributed by atoms with van der Waals surface area (Å²) >= 11 is 0. The van der Waals surface area contributed by atoms with E-state index in [4.69, 9.17) is 9.47 Å². The smallest absolute Gasteiger partial charge is 0.206 e. The van der Waals surface area contributed by atoms with Crippen molar-refractivity contribution in [2.24, 2.45) is 0 Å². The molecule has 0 amide bonds. The lowest BCUT2D eigenvalue weighted by Crippen LogP contribution is -2.02. The molecule has 4 nitrogen and oxygen atoms in total. The molecule has 3 rings (SSSR count). The second-order valence-electron chi connectivity index (χ2n) is 6.33. The number of methoxy groups -OCH3 is 1. The van der Waals surface area contributed by atoms with Gasteiger partial charge >= 0.3 is 0 Å². The fourth-order valence-corrected chi connectivity index (χ4v) is 3.89. The van der Waals surface area contributed by atoms with Gasteiger partial charge in [-0.25, -0.2) is 8.42 Å². The molecule has 0 radical (unpaired) electrons. The maximum Gasteiger partial charge on any atom is 0.206 e. The average molecular weight is 382 g/mol. The van der Waals surface area contributed by atoms with Gasteiger partial charge in [0, 0.05) is 7.11 Å². The van der Waals surface area contributed by atoms with Gasteiger partial charge in [-0.05, 0) is 54.4 Å². The van der Waals surface area contributed by atoms with Crippen molar-refractivity contribution in [3.05, 3.63) is 89.5 Å². The van der Waals surface area contributed by atoms with Crippen LogP contribution >= 0.6 is 0 Å². The zero-order valence-corrected chi connectivity index (χ0v) is 16.2. The second-order valence-corrected chi connectivity index (χ2v) is 8.28. The number of hydrogen-bond donors (Lipinski definition) is 0. The minimum atomic E-state index is -3.52. The highest BCUT2D eigenvalue weighted by Gasteiger charge is 2.17. The Morgan fingerprint density at radius 3 is 1.70 bits per heavy atom. The maximum atomic E-state index is 12.7. The molecule has 0 fully saturated rings. The predicted molar refractivity (Wildman–Crippen MR) is 105 cm³/mol. The van der Waals surface area contributed by atoms with E-state index in [9.17, 15) is 8.42 Å². The summed E-state index contributed by atoms with van der Waals surface area (Å²) in [6.07, 6.45) is 0. The van der Waals surface area contributed by atoms with E-state index in [1.807, 2.05) is 31.2 Å². The Hall–Kier alpha value is -2.63. The molecule has 3 aromatic carbocycles. The first-order chi connectivity index (χ1) is 13.0. The molecule has 0 saturated heterocycles. The van der Waals surface area contributed by atoms with Gasteiger partial charge in [-0.15, -0.1) is 0 Å². The topological polar surface area (TPSA) is 52.6 Å². The normalized spacial score (nSPS) is 11.3. The van der Waals surface area contributed by atoms with Crippen LogP contribution in [0.2, 0.25) is 0 Å². The highest BCUT2D eigenvalue weighted by molar-refractivity contribution is 7.91. The number of sulfone groups is 1. The maximum absolute atomic E-state index is 12.7. The molecule has 0 aliphatic rings. The molecule has 5 heteroatoms. The van der Waals surface area contributed by atoms with E-state index < -0.39 is 9.84 Å². The molecule has 0 bridgehead atoms. The van der Waals surface area contributed by atoms with Crippen molar-refractivity contribution in [1.82, 2.24) is 0 Å². The molecule has 3 aromatic rings. The fraction of sp³-hybridized carbons (Fsp3) is 0.182. The zero-order valence-electron chi connectivity index (χ0n) is 15.4. The van der Waals surface area contributed by atoms with Gasteiger partial charge in [0.05, 0.1) is 16.4 Å². The minimum absolute atomic E-state index is 0.252. The number of benzene rings is 3. The standard InChI is InChI=1S/C22H22O4S/c1-17-3-11-21(12-4-17)27(23,24)22-13-9-20(10-14-22)26-16-19-7-5-18(6-8-19)15-25-2/h3-14H,15-16H2,1-2H3. The van der Waals surface area contributed by atoms with Crippen molar-refractivity contribution in [3.8, 4) is 5.75 Å². The minimum Gasteiger partial charge on any atom is -0.489 e. The van der Waals surface area contributed by atoms with Crippen molar-refractivity contribution < 1.29 is 17.9 Å². The molecule has 0 aliphatic heterocycles. The van der Waals surface area contributed by atoms with Crippen LogP contribution in [0.15, 0.2) is 82.6 Å². The van der Waals surface area contributed by atoms with E-state index in [1.54, 1.807) is 55.6 Å². The Morgan fingerprint density at radius 1 is 0.704 bits per heavy atom. The lowest BCUT2D eigenvalue weighted by Gasteiger charge is -2.09. The van der Waals surface area contributed by atoms with Gasteiger partial charge in [0.25, 0.3) is 0 Å². The monoisotopic (exact) mass is 382 g/mol. The molecule has 0 spiro atoms. The SMILES string of the molecule is COCc1ccc(COc2ccc(S(=O)(=O)c3ccc(C)cc3)cc2)cc1. The predicted octanol–water partition coefficient (Wildman–Crippen LogP) is 4.55. The van der Waals surface area contributed by atoms with Crippen LogP contribution in [0.3, 0.4) is 0 Å². The summed E-state index contributed by atoms with van der Waals surface area (Å²) < 4.78 is 36.2. The van der Waals surface area contributed by atoms with E-state index >= 15 is 0 Å². The van der Waals surface area contributed by atoms with E-state index in [0.717, 1.165) is 16.7 Å². The summed E-state index contributed by atoms with van der Waals surface area (Å²) in [4.78, 5) is 0.542. The van der Waals surface area contributed by atoms with Crippen LogP contribution in [0.4, 0.5) is 0 Å². The van der Waals surface area contributed by atoms with Gasteiger partial charge in [-0.1, -0.05) is 42.0 Å². The average Bonchev–Trinajstić information content (AvgIpc) is 2.68. The summed E-state index contributed by atoms with van der Waals surface area (Å²) in [5, 5.41) is 0. The number of aryl methyl sites for hydroxylation is 1. The first-order valence-corrected chi connectivity index (χ1v) is 10.1. The van der Waals surface area contributed by atoms with Crippen LogP contribution in [0.1, 0.15) is 16.7 Å². The lowest BCUT2D eigenvalue weighted by atomic mass is 10.1. The lowest BCUT2D eigenvalue weighted by molar-refractivity contribution is 0.185. The molecule has 0 saturated carbocycles. The molecule has 27 heavy (non-hydrogen) atoms. The Labute approximate surface area is 160 Å². The van der Waals surface area contributed by atoms with Crippen LogP contribution in [0.5, 0.6) is 5.75 Å². The summed E-state index contributed by atoms with van der Waals surface area (Å²) in [6, 6.07) is 21.3. The summed E-state index contributed by atoms with van der Waals surface area (Å²) in [5.74, 6) is 0.624. The number of hydrogen-bond acceptors (Lipinski definition) is 4. The second kappa shape index (κ2) is 8.37. The highest BCUT2D eigenvalue weighted by atomic mass is 32.2. The van der Waals surface area contributed by atoms with Crippen molar-refractivity contribution in [1.29, 1.82) is 0 Å². The van der Waals surface area contributed by atoms with Crippen molar-refractivity contribution >= 4 is 9.84 Å². The zero-order chi connectivity index (χ0) is 19.3. The third-order valence-corrected chi connectivity index (χ3v) is 5.99. The van der Waals surface area contributed by atoms with Crippen molar-refractivity contribution in [2.75, 3.05) is 7.11 Å². The highest BCUT2D eigenvalue weighted by Crippen LogP contribution is 2.24. The number of ether oxygens (including phenoxy) is 2. The summed E-state index contributed by atoms with van der Waals surface area (Å²) in [7, 11) is -1.85. The van der Waals surface area contributed by atoms with Gasteiger partial charge in [0.2, 0.25) is 9.84 Å². The Balaban J connectivity index is 1.67. The fourth-order valence-electron chi connectivity index (χ4n) is 2.63. The first-order valence-electron chi connectivity index (χ1n) is 8.60. The van der Waals surface area contributed by atoms with Gasteiger partial charge in [-0.2, -0.15) is 0 Å². The van der Waals surface area contributed by atoms with Gasteiger partial charge in [0.15, 0.2) is 0 Å². The molecule has 140 valence electrons. The Bertz CT molecular complexity index is 974. The largest absolute Gasteiger partial charge is 0.489 e. The van der Waals surface area contributed by atoms with Crippen LogP contribution in [-0.2, 0) is 27.8 Å². The van der Waals surface area contributed by atoms with Gasteiger partial charge < -0.3 is 9.47 Å². The molecular formula is C22H22O4S. The van der Waals surface area contributed by atoms with Crippen molar-refractivity contribution in [3.63, 3.8) is 0 Å². The molecular weight excluding hydrogens is 360 g/mol. The molecule has 0 aromatic heterocycles. The van der Waals surface area contributed by atoms with Crippen LogP contribution < -0.4 is 4.74 Å². The van der Waals surface area contributed by atoms with E-state index in [2.05, 4.69) is 0 Å². The number of rotatable bonds is 7. The third-order valence-electron chi connectivity index (χ3n) is 4.20. The van der Waals surface area contributed by atoms with E-state index in [1.165, 1.54) is 0 Å². The molecule has 0 aliphatic carbocycles. The van der Waals surface area contributed by atoms with Gasteiger partial charge in [0.1, 0.15) is 12.4 Å². The molecule has 0 unspecified atom stereocenters. The summed E-state index contributed by atoms with van der Waals surface area (Å²) in [5.41, 5.74) is 3.16. The molecule has 0 atom stereocenters.